The summed E-state index contributed by atoms with van der Waals surface area (Å²) in [5.41, 5.74) is 3.10. The van der Waals surface area contributed by atoms with Gasteiger partial charge in [-0.1, -0.05) is 23.8 Å². The maximum absolute atomic E-state index is 13.0. The number of methoxy groups -OCH3 is 1. The first-order chi connectivity index (χ1) is 13.6. The van der Waals surface area contributed by atoms with Crippen LogP contribution in [0.15, 0.2) is 41.3 Å². The molecule has 0 bridgehead atoms. The Bertz CT molecular complexity index is 1060. The normalized spacial score (nSPS) is 15.7. The van der Waals surface area contributed by atoms with E-state index in [2.05, 4.69) is 4.72 Å². The van der Waals surface area contributed by atoms with E-state index in [4.69, 9.17) is 4.74 Å². The third-order valence-electron chi connectivity index (χ3n) is 4.98. The van der Waals surface area contributed by atoms with Crippen LogP contribution in [0.2, 0.25) is 0 Å². The lowest BCUT2D eigenvalue weighted by molar-refractivity contribution is -0.121. The number of nitrogens with zero attached hydrogens (tertiary/aromatic N) is 1. The van der Waals surface area contributed by atoms with Crippen molar-refractivity contribution in [3.8, 4) is 5.75 Å². The molecule has 3 rings (SSSR count). The smallest absolute Gasteiger partial charge is 0.241 e. The summed E-state index contributed by atoms with van der Waals surface area (Å²) in [7, 11) is -2.50. The molecule has 1 heterocycles. The van der Waals surface area contributed by atoms with Crippen LogP contribution in [0.4, 0.5) is 5.69 Å². The molecular formula is C21H24N2O5S. The average molecular weight is 416 g/mol. The first-order valence-corrected chi connectivity index (χ1v) is 10.8. The number of sulfonamides is 1. The quantitative estimate of drug-likeness (QED) is 0.731. The summed E-state index contributed by atoms with van der Waals surface area (Å²) in [6.07, 6.45) is 0.196. The minimum atomic E-state index is -3.90. The molecule has 154 valence electrons. The topological polar surface area (TPSA) is 92.8 Å². The molecule has 2 aromatic carbocycles. The lowest BCUT2D eigenvalue weighted by Crippen LogP contribution is -2.30. The van der Waals surface area contributed by atoms with E-state index in [0.717, 1.165) is 21.6 Å². The van der Waals surface area contributed by atoms with Gasteiger partial charge in [0.1, 0.15) is 5.75 Å². The highest BCUT2D eigenvalue weighted by atomic mass is 32.2. The Kier molecular flexibility index (Phi) is 5.77. The van der Waals surface area contributed by atoms with Crippen LogP contribution in [-0.4, -0.2) is 27.3 Å². The Labute approximate surface area is 170 Å². The molecule has 1 unspecified atom stereocenters. The van der Waals surface area contributed by atoms with Crippen molar-refractivity contribution in [2.45, 2.75) is 44.6 Å². The number of aryl methyl sites for hydroxylation is 2. The number of nitrogens with one attached hydrogen (secondary N) is 1. The van der Waals surface area contributed by atoms with Crippen molar-refractivity contribution in [1.82, 2.24) is 4.72 Å². The van der Waals surface area contributed by atoms with E-state index in [0.29, 0.717) is 0 Å². The van der Waals surface area contributed by atoms with E-state index < -0.39 is 16.1 Å². The third-order valence-corrected chi connectivity index (χ3v) is 6.52. The van der Waals surface area contributed by atoms with Crippen molar-refractivity contribution < 1.29 is 22.7 Å². The average Bonchev–Trinajstić information content (AvgIpc) is 2.98. The molecule has 1 aliphatic heterocycles. The number of hydrogen-bond acceptors (Lipinski definition) is 5. The third kappa shape index (κ3) is 4.18. The molecule has 2 aromatic rings. The van der Waals surface area contributed by atoms with Gasteiger partial charge < -0.3 is 4.74 Å². The predicted octanol–water partition coefficient (Wildman–Crippen LogP) is 3.00. The second-order valence-electron chi connectivity index (χ2n) is 7.16. The van der Waals surface area contributed by atoms with Crippen LogP contribution in [-0.2, 0) is 19.6 Å². The minimum absolute atomic E-state index is 0.0441. The molecule has 0 saturated carbocycles. The van der Waals surface area contributed by atoms with Gasteiger partial charge in [0.15, 0.2) is 0 Å². The van der Waals surface area contributed by atoms with Crippen molar-refractivity contribution in [2.75, 3.05) is 12.0 Å². The molecule has 0 radical (unpaired) electrons. The number of benzene rings is 2. The van der Waals surface area contributed by atoms with Crippen LogP contribution in [0.3, 0.4) is 0 Å². The number of amides is 2. The summed E-state index contributed by atoms with van der Waals surface area (Å²) in [5, 5.41) is 0. The lowest BCUT2D eigenvalue weighted by Gasteiger charge is -2.20. The van der Waals surface area contributed by atoms with Gasteiger partial charge in [-0.3, -0.25) is 9.59 Å². The van der Waals surface area contributed by atoms with Crippen LogP contribution < -0.4 is 14.4 Å². The van der Waals surface area contributed by atoms with Crippen LogP contribution >= 0.6 is 0 Å². The van der Waals surface area contributed by atoms with Gasteiger partial charge in [0, 0.05) is 18.9 Å². The fraction of sp³-hybridized carbons (Fsp3) is 0.333. The van der Waals surface area contributed by atoms with E-state index in [9.17, 15) is 18.0 Å². The summed E-state index contributed by atoms with van der Waals surface area (Å²) in [6.45, 7) is 5.68. The standard InChI is InChI=1S/C21H24N2O5S/c1-13-5-7-17(14(2)11-13)15(3)22-29(26,27)16-6-8-19(28-4)18(12-16)23-20(24)9-10-21(23)25/h5-8,11-12,15,22H,9-10H2,1-4H3. The highest BCUT2D eigenvalue weighted by Crippen LogP contribution is 2.34. The van der Waals surface area contributed by atoms with Crippen molar-refractivity contribution in [2.24, 2.45) is 0 Å². The number of rotatable bonds is 6. The Morgan fingerprint density at radius 2 is 1.69 bits per heavy atom. The maximum Gasteiger partial charge on any atom is 0.241 e. The highest BCUT2D eigenvalue weighted by molar-refractivity contribution is 7.89. The van der Waals surface area contributed by atoms with Gasteiger partial charge >= 0.3 is 0 Å². The molecule has 0 spiro atoms. The molecule has 1 saturated heterocycles. The number of carbonyl (C=O) groups is 2. The van der Waals surface area contributed by atoms with Crippen molar-refractivity contribution in [1.29, 1.82) is 0 Å². The zero-order valence-corrected chi connectivity index (χ0v) is 17.7. The second kappa shape index (κ2) is 7.96. The molecule has 0 aliphatic carbocycles. The molecule has 1 fully saturated rings. The Balaban J connectivity index is 1.95. The van der Waals surface area contributed by atoms with Crippen LogP contribution in [0, 0.1) is 13.8 Å². The number of imide groups is 1. The van der Waals surface area contributed by atoms with Gasteiger partial charge in [-0.25, -0.2) is 18.0 Å². The second-order valence-corrected chi connectivity index (χ2v) is 8.87. The molecular weight excluding hydrogens is 392 g/mol. The predicted molar refractivity (Wildman–Crippen MR) is 109 cm³/mol. The van der Waals surface area contributed by atoms with E-state index in [1.54, 1.807) is 6.92 Å². The molecule has 8 heteroatoms. The fourth-order valence-corrected chi connectivity index (χ4v) is 4.78. The molecule has 2 amide bonds. The van der Waals surface area contributed by atoms with Gasteiger partial charge in [0.05, 0.1) is 17.7 Å². The molecule has 1 aliphatic rings. The van der Waals surface area contributed by atoms with Gasteiger partial charge in [-0.15, -0.1) is 0 Å². The maximum atomic E-state index is 13.0. The number of hydrogen-bond donors (Lipinski definition) is 1. The zero-order valence-electron chi connectivity index (χ0n) is 16.9. The van der Waals surface area contributed by atoms with Gasteiger partial charge in [-0.05, 0) is 50.1 Å². The van der Waals surface area contributed by atoms with Gasteiger partial charge in [0.25, 0.3) is 0 Å². The number of carbonyl (C=O) groups excluding carboxylic acids is 2. The summed E-state index contributed by atoms with van der Waals surface area (Å²) in [6, 6.07) is 9.52. The Hall–Kier alpha value is -2.71. The zero-order chi connectivity index (χ0) is 21.3. The van der Waals surface area contributed by atoms with Crippen LogP contribution in [0.25, 0.3) is 0 Å². The summed E-state index contributed by atoms with van der Waals surface area (Å²) < 4.78 is 33.9. The molecule has 1 atom stereocenters. The molecule has 29 heavy (non-hydrogen) atoms. The summed E-state index contributed by atoms with van der Waals surface area (Å²) in [4.78, 5) is 25.2. The van der Waals surface area contributed by atoms with Crippen molar-refractivity contribution in [3.63, 3.8) is 0 Å². The summed E-state index contributed by atoms with van der Waals surface area (Å²) >= 11 is 0. The van der Waals surface area contributed by atoms with E-state index in [-0.39, 0.29) is 41.0 Å². The Morgan fingerprint density at radius 3 is 2.28 bits per heavy atom. The lowest BCUT2D eigenvalue weighted by atomic mass is 10.0. The first-order valence-electron chi connectivity index (χ1n) is 9.27. The van der Waals surface area contributed by atoms with Crippen molar-refractivity contribution >= 4 is 27.5 Å². The molecule has 1 N–H and O–H groups in total. The first kappa shape index (κ1) is 21.0. The summed E-state index contributed by atoms with van der Waals surface area (Å²) in [5.74, 6) is -0.492. The monoisotopic (exact) mass is 416 g/mol. The molecule has 7 nitrogen and oxygen atoms in total. The SMILES string of the molecule is COc1ccc(S(=O)(=O)NC(C)c2ccc(C)cc2C)cc1N1C(=O)CCC1=O. The van der Waals surface area contributed by atoms with E-state index in [1.165, 1.54) is 25.3 Å². The number of ether oxygens (including phenoxy) is 1. The Morgan fingerprint density at radius 1 is 1.03 bits per heavy atom. The van der Waals surface area contributed by atoms with Gasteiger partial charge in [0.2, 0.25) is 21.8 Å². The van der Waals surface area contributed by atoms with Gasteiger partial charge in [-0.2, -0.15) is 0 Å². The van der Waals surface area contributed by atoms with E-state index in [1.807, 2.05) is 32.0 Å². The van der Waals surface area contributed by atoms with Crippen LogP contribution in [0.5, 0.6) is 5.75 Å². The largest absolute Gasteiger partial charge is 0.495 e. The fourth-order valence-electron chi connectivity index (χ4n) is 3.53. The highest BCUT2D eigenvalue weighted by Gasteiger charge is 2.33. The van der Waals surface area contributed by atoms with Crippen LogP contribution in [0.1, 0.15) is 42.5 Å². The minimum Gasteiger partial charge on any atom is -0.495 e. The molecule has 0 aromatic heterocycles. The van der Waals surface area contributed by atoms with E-state index >= 15 is 0 Å². The van der Waals surface area contributed by atoms with Crippen molar-refractivity contribution in [3.05, 3.63) is 53.1 Å². The number of anilines is 1.